The van der Waals surface area contributed by atoms with Crippen molar-refractivity contribution >= 4 is 27.5 Å². The first-order valence-electron chi connectivity index (χ1n) is 7.01. The lowest BCUT2D eigenvalue weighted by Crippen LogP contribution is -2.28. The summed E-state index contributed by atoms with van der Waals surface area (Å²) in [5.41, 5.74) is -0.292. The monoisotopic (exact) mass is 300 g/mol. The molecular weight excluding hydrogens is 286 g/mol. The first-order chi connectivity index (χ1) is 10.6. The average molecular weight is 300 g/mol. The van der Waals surface area contributed by atoms with Crippen LogP contribution in [0.4, 0.5) is 8.78 Å². The van der Waals surface area contributed by atoms with E-state index in [-0.39, 0.29) is 12.2 Å². The highest BCUT2D eigenvalue weighted by molar-refractivity contribution is 6.05. The second-order valence-corrected chi connectivity index (χ2v) is 4.99. The smallest absolute Gasteiger partial charge is 0.382 e. The number of ether oxygens (including phenoxy) is 1. The van der Waals surface area contributed by atoms with Crippen molar-refractivity contribution in [1.29, 1.82) is 0 Å². The number of esters is 1. The second-order valence-electron chi connectivity index (χ2n) is 4.99. The van der Waals surface area contributed by atoms with E-state index in [1.54, 1.807) is 48.5 Å². The first kappa shape index (κ1) is 14.4. The maximum absolute atomic E-state index is 14.7. The Morgan fingerprint density at radius 3 is 2.00 bits per heavy atom. The van der Waals surface area contributed by atoms with Crippen molar-refractivity contribution in [2.75, 3.05) is 6.61 Å². The van der Waals surface area contributed by atoms with Crippen LogP contribution in [0.5, 0.6) is 0 Å². The van der Waals surface area contributed by atoms with E-state index in [2.05, 4.69) is 4.74 Å². The van der Waals surface area contributed by atoms with Gasteiger partial charge in [0, 0.05) is 5.56 Å². The third-order valence-corrected chi connectivity index (χ3v) is 3.62. The molecule has 0 aromatic heterocycles. The van der Waals surface area contributed by atoms with Gasteiger partial charge < -0.3 is 4.74 Å². The molecule has 0 aliphatic carbocycles. The fourth-order valence-corrected chi connectivity index (χ4v) is 2.68. The van der Waals surface area contributed by atoms with Gasteiger partial charge in [0.25, 0.3) is 0 Å². The summed E-state index contributed by atoms with van der Waals surface area (Å²) in [6.07, 6.45) is 0. The number of benzene rings is 3. The van der Waals surface area contributed by atoms with Crippen LogP contribution in [0.1, 0.15) is 12.5 Å². The predicted molar refractivity (Wildman–Crippen MR) is 82.0 cm³/mol. The molecule has 0 bridgehead atoms. The van der Waals surface area contributed by atoms with Crippen LogP contribution in [0.25, 0.3) is 21.5 Å². The molecule has 0 fully saturated rings. The maximum atomic E-state index is 14.7. The number of carbonyl (C=O) groups is 1. The molecule has 0 unspecified atom stereocenters. The normalized spacial score (nSPS) is 11.8. The molecule has 3 rings (SSSR count). The van der Waals surface area contributed by atoms with E-state index < -0.39 is 11.9 Å². The molecule has 0 saturated carbocycles. The number of alkyl halides is 2. The van der Waals surface area contributed by atoms with Crippen LogP contribution in [0.15, 0.2) is 54.6 Å². The quantitative estimate of drug-likeness (QED) is 0.520. The number of hydrogen-bond acceptors (Lipinski definition) is 2. The standard InChI is InChI=1S/C18H14F2O2/c1-2-22-17(21)18(19,20)16-14-9-5-3-7-12(14)11-13-8-4-6-10-15(13)16/h3-11H,2H2,1H3. The van der Waals surface area contributed by atoms with Crippen LogP contribution in [-0.4, -0.2) is 12.6 Å². The Morgan fingerprint density at radius 2 is 1.50 bits per heavy atom. The maximum Gasteiger partial charge on any atom is 0.382 e. The van der Waals surface area contributed by atoms with E-state index in [9.17, 15) is 13.6 Å². The first-order valence-corrected chi connectivity index (χ1v) is 7.01. The van der Waals surface area contributed by atoms with Crippen LogP contribution in [0.2, 0.25) is 0 Å². The summed E-state index contributed by atoms with van der Waals surface area (Å²) in [7, 11) is 0. The second kappa shape index (κ2) is 5.37. The molecule has 0 saturated heterocycles. The summed E-state index contributed by atoms with van der Waals surface area (Å²) < 4.78 is 34.0. The zero-order chi connectivity index (χ0) is 15.7. The summed E-state index contributed by atoms with van der Waals surface area (Å²) in [5, 5.41) is 2.05. The molecule has 0 amide bonds. The van der Waals surface area contributed by atoms with Gasteiger partial charge in [-0.15, -0.1) is 0 Å². The van der Waals surface area contributed by atoms with Crippen molar-refractivity contribution in [2.24, 2.45) is 0 Å². The Labute approximate surface area is 126 Å². The predicted octanol–water partition coefficient (Wildman–Crippen LogP) is 4.65. The van der Waals surface area contributed by atoms with Crippen LogP contribution in [0, 0.1) is 0 Å². The molecule has 4 heteroatoms. The molecule has 3 aromatic rings. The van der Waals surface area contributed by atoms with Crippen molar-refractivity contribution in [3.8, 4) is 0 Å². The Balaban J connectivity index is 2.40. The molecule has 2 nitrogen and oxygen atoms in total. The Bertz CT molecular complexity index is 802. The SMILES string of the molecule is CCOC(=O)C(F)(F)c1c2ccccc2cc2ccccc12. The number of hydrogen-bond donors (Lipinski definition) is 0. The lowest BCUT2D eigenvalue weighted by Gasteiger charge is -2.19. The Morgan fingerprint density at radius 1 is 1.00 bits per heavy atom. The minimum Gasteiger partial charge on any atom is -0.461 e. The Kier molecular flexibility index (Phi) is 3.53. The molecule has 0 radical (unpaired) electrons. The van der Waals surface area contributed by atoms with Crippen LogP contribution in [-0.2, 0) is 15.5 Å². The zero-order valence-electron chi connectivity index (χ0n) is 12.0. The molecule has 0 heterocycles. The van der Waals surface area contributed by atoms with E-state index in [1.165, 1.54) is 6.92 Å². The molecule has 0 atom stereocenters. The summed E-state index contributed by atoms with van der Waals surface area (Å²) in [5.74, 6) is -5.22. The highest BCUT2D eigenvalue weighted by Gasteiger charge is 2.45. The summed E-state index contributed by atoms with van der Waals surface area (Å²) in [6.45, 7) is 1.42. The van der Waals surface area contributed by atoms with E-state index in [0.717, 1.165) is 0 Å². The lowest BCUT2D eigenvalue weighted by atomic mass is 9.93. The molecule has 22 heavy (non-hydrogen) atoms. The van der Waals surface area contributed by atoms with Crippen LogP contribution in [0.3, 0.4) is 0 Å². The summed E-state index contributed by atoms with van der Waals surface area (Å²) >= 11 is 0. The van der Waals surface area contributed by atoms with E-state index >= 15 is 0 Å². The Hall–Kier alpha value is -2.49. The molecule has 0 aliphatic rings. The summed E-state index contributed by atoms with van der Waals surface area (Å²) in [4.78, 5) is 11.8. The van der Waals surface area contributed by atoms with Crippen molar-refractivity contribution in [3.05, 3.63) is 60.2 Å². The van der Waals surface area contributed by atoms with Crippen molar-refractivity contribution in [1.82, 2.24) is 0 Å². The van der Waals surface area contributed by atoms with Gasteiger partial charge in [0.2, 0.25) is 0 Å². The van der Waals surface area contributed by atoms with Gasteiger partial charge in [0.05, 0.1) is 6.61 Å². The van der Waals surface area contributed by atoms with Gasteiger partial charge in [0.15, 0.2) is 0 Å². The fourth-order valence-electron chi connectivity index (χ4n) is 2.68. The van der Waals surface area contributed by atoms with Crippen molar-refractivity contribution in [2.45, 2.75) is 12.8 Å². The number of fused-ring (bicyclic) bond motifs is 2. The van der Waals surface area contributed by atoms with Gasteiger partial charge >= 0.3 is 11.9 Å². The topological polar surface area (TPSA) is 26.3 Å². The van der Waals surface area contributed by atoms with Gasteiger partial charge in [-0.1, -0.05) is 48.5 Å². The van der Waals surface area contributed by atoms with Crippen molar-refractivity contribution in [3.63, 3.8) is 0 Å². The minimum atomic E-state index is -3.70. The minimum absolute atomic E-state index is 0.0862. The molecule has 0 aliphatic heterocycles. The third-order valence-electron chi connectivity index (χ3n) is 3.62. The van der Waals surface area contributed by atoms with Gasteiger partial charge in [-0.05, 0) is 34.5 Å². The molecule has 0 spiro atoms. The molecular formula is C18H14F2O2. The number of carbonyl (C=O) groups excluding carboxylic acids is 1. The molecule has 3 aromatic carbocycles. The van der Waals surface area contributed by atoms with Gasteiger partial charge in [-0.25, -0.2) is 4.79 Å². The third kappa shape index (κ3) is 2.21. The lowest BCUT2D eigenvalue weighted by molar-refractivity contribution is -0.172. The summed E-state index contributed by atoms with van der Waals surface area (Å²) in [6, 6.07) is 15.5. The van der Waals surface area contributed by atoms with E-state index in [1.807, 2.05) is 6.07 Å². The highest BCUT2D eigenvalue weighted by Crippen LogP contribution is 2.40. The van der Waals surface area contributed by atoms with Crippen LogP contribution >= 0.6 is 0 Å². The van der Waals surface area contributed by atoms with Crippen LogP contribution < -0.4 is 0 Å². The van der Waals surface area contributed by atoms with Gasteiger partial charge in [-0.3, -0.25) is 0 Å². The largest absolute Gasteiger partial charge is 0.461 e. The van der Waals surface area contributed by atoms with Gasteiger partial charge in [0.1, 0.15) is 0 Å². The average Bonchev–Trinajstić information content (AvgIpc) is 2.52. The fraction of sp³-hybridized carbons (Fsp3) is 0.167. The zero-order valence-corrected chi connectivity index (χ0v) is 12.0. The van der Waals surface area contributed by atoms with E-state index in [4.69, 9.17) is 0 Å². The van der Waals surface area contributed by atoms with E-state index in [0.29, 0.717) is 21.5 Å². The molecule has 0 N–H and O–H groups in total. The van der Waals surface area contributed by atoms with Gasteiger partial charge in [-0.2, -0.15) is 8.78 Å². The number of rotatable bonds is 3. The number of halogens is 2. The highest BCUT2D eigenvalue weighted by atomic mass is 19.3. The molecule has 112 valence electrons. The van der Waals surface area contributed by atoms with Crippen molar-refractivity contribution < 1.29 is 18.3 Å².